The number of hydrogen-bond acceptors (Lipinski definition) is 7. The number of carbonyl (C=O) groups excluding carboxylic acids is 3. The standard InChI is InChI=1S/C21H16ClFN4O6/c1-31-19(29)21-7-10-4-11(22)2-3-12(10)18(21)26-27(9-33-21)20(30)25-14-6-16-15(5-13(14)23)24-17(28)8-32-16/h2-6H,7-9H2,1H3,(H,24,28)(H,25,30). The molecule has 12 heteroatoms. The molecule has 10 nitrogen and oxygen atoms in total. The van der Waals surface area contributed by atoms with Crippen LogP contribution >= 0.6 is 11.6 Å². The summed E-state index contributed by atoms with van der Waals surface area (Å²) in [6, 6.07) is 6.50. The first-order valence-electron chi connectivity index (χ1n) is 9.76. The van der Waals surface area contributed by atoms with Crippen LogP contribution in [0, 0.1) is 5.82 Å². The number of nitrogens with one attached hydrogen (secondary N) is 2. The molecule has 0 aromatic heterocycles. The minimum absolute atomic E-state index is 0.145. The molecule has 0 saturated heterocycles. The first kappa shape index (κ1) is 21.2. The minimum Gasteiger partial charge on any atom is -0.481 e. The van der Waals surface area contributed by atoms with Crippen molar-refractivity contribution in [3.05, 3.63) is 52.3 Å². The zero-order chi connectivity index (χ0) is 23.3. The molecule has 0 bridgehead atoms. The number of anilines is 2. The predicted octanol–water partition coefficient (Wildman–Crippen LogP) is 2.50. The summed E-state index contributed by atoms with van der Waals surface area (Å²) < 4.78 is 30.5. The SMILES string of the molecule is COC(=O)C12Cc3cc(Cl)ccc3C1=NN(C(=O)Nc1cc3c(cc1F)NC(=O)CO3)CO2. The molecule has 5 rings (SSSR count). The highest BCUT2D eigenvalue weighted by Crippen LogP contribution is 2.39. The Bertz CT molecular complexity index is 1250. The van der Waals surface area contributed by atoms with Gasteiger partial charge in [-0.05, 0) is 17.7 Å². The zero-order valence-corrected chi connectivity index (χ0v) is 17.9. The molecule has 170 valence electrons. The summed E-state index contributed by atoms with van der Waals surface area (Å²) in [5.41, 5.74) is -0.0349. The van der Waals surface area contributed by atoms with Crippen LogP contribution in [0.3, 0.4) is 0 Å². The van der Waals surface area contributed by atoms with Gasteiger partial charge in [0.15, 0.2) is 6.61 Å². The largest absolute Gasteiger partial charge is 0.481 e. The molecule has 2 heterocycles. The molecule has 2 aromatic rings. The number of hydrogen-bond donors (Lipinski definition) is 2. The Morgan fingerprint density at radius 2 is 2.15 bits per heavy atom. The average Bonchev–Trinajstić information content (AvgIpc) is 3.12. The molecule has 0 fully saturated rings. The number of urea groups is 1. The van der Waals surface area contributed by atoms with E-state index < -0.39 is 29.3 Å². The van der Waals surface area contributed by atoms with Crippen molar-refractivity contribution in [1.29, 1.82) is 0 Å². The molecule has 0 spiro atoms. The second-order valence-electron chi connectivity index (χ2n) is 7.51. The summed E-state index contributed by atoms with van der Waals surface area (Å²) in [6.07, 6.45) is 0.145. The number of amides is 3. The van der Waals surface area contributed by atoms with Crippen molar-refractivity contribution in [3.63, 3.8) is 0 Å². The molecule has 2 aliphatic heterocycles. The number of methoxy groups -OCH3 is 1. The van der Waals surface area contributed by atoms with Crippen LogP contribution in [0.4, 0.5) is 20.6 Å². The summed E-state index contributed by atoms with van der Waals surface area (Å²) in [4.78, 5) is 36.9. The molecule has 1 aliphatic carbocycles. The van der Waals surface area contributed by atoms with Gasteiger partial charge in [0, 0.05) is 29.1 Å². The Labute approximate surface area is 191 Å². The lowest BCUT2D eigenvalue weighted by Gasteiger charge is -2.34. The summed E-state index contributed by atoms with van der Waals surface area (Å²) in [5, 5.41) is 10.6. The van der Waals surface area contributed by atoms with Gasteiger partial charge in [-0.1, -0.05) is 17.7 Å². The van der Waals surface area contributed by atoms with Gasteiger partial charge in [0.2, 0.25) is 5.60 Å². The smallest absolute Gasteiger partial charge is 0.345 e. The fourth-order valence-corrected chi connectivity index (χ4v) is 4.15. The van der Waals surface area contributed by atoms with E-state index in [2.05, 4.69) is 15.7 Å². The van der Waals surface area contributed by atoms with Gasteiger partial charge in [0.05, 0.1) is 18.5 Å². The van der Waals surface area contributed by atoms with Crippen LogP contribution in [-0.2, 0) is 25.5 Å². The maximum Gasteiger partial charge on any atom is 0.345 e. The third-order valence-electron chi connectivity index (χ3n) is 5.49. The van der Waals surface area contributed by atoms with E-state index in [4.69, 9.17) is 25.8 Å². The van der Waals surface area contributed by atoms with Gasteiger partial charge in [-0.3, -0.25) is 4.79 Å². The molecule has 1 atom stereocenters. The van der Waals surface area contributed by atoms with Crippen LogP contribution in [0.5, 0.6) is 5.75 Å². The van der Waals surface area contributed by atoms with Crippen LogP contribution in [-0.4, -0.2) is 54.7 Å². The second kappa shape index (κ2) is 7.71. The molecular weight excluding hydrogens is 459 g/mol. The first-order valence-corrected chi connectivity index (χ1v) is 10.1. The lowest BCUT2D eigenvalue weighted by atomic mass is 9.97. The maximum absolute atomic E-state index is 14.5. The van der Waals surface area contributed by atoms with Crippen LogP contribution in [0.2, 0.25) is 5.02 Å². The van der Waals surface area contributed by atoms with Crippen molar-refractivity contribution in [1.82, 2.24) is 5.01 Å². The second-order valence-corrected chi connectivity index (χ2v) is 7.95. The number of halogens is 2. The van der Waals surface area contributed by atoms with E-state index >= 15 is 0 Å². The highest BCUT2D eigenvalue weighted by atomic mass is 35.5. The number of rotatable bonds is 2. The third-order valence-corrected chi connectivity index (χ3v) is 5.73. The van der Waals surface area contributed by atoms with Crippen molar-refractivity contribution < 1.29 is 33.0 Å². The number of hydrazone groups is 1. The fourth-order valence-electron chi connectivity index (χ4n) is 3.96. The lowest BCUT2D eigenvalue weighted by molar-refractivity contribution is -0.165. The molecule has 0 saturated carbocycles. The Kier molecular flexibility index (Phi) is 4.94. The number of esters is 1. The molecule has 1 unspecified atom stereocenters. The van der Waals surface area contributed by atoms with E-state index in [1.54, 1.807) is 18.2 Å². The van der Waals surface area contributed by atoms with E-state index in [0.717, 1.165) is 11.1 Å². The summed E-state index contributed by atoms with van der Waals surface area (Å²) >= 11 is 6.08. The van der Waals surface area contributed by atoms with Gasteiger partial charge in [-0.2, -0.15) is 10.1 Å². The predicted molar refractivity (Wildman–Crippen MR) is 114 cm³/mol. The van der Waals surface area contributed by atoms with E-state index in [0.29, 0.717) is 16.1 Å². The van der Waals surface area contributed by atoms with E-state index in [9.17, 15) is 18.8 Å². The number of ether oxygens (including phenoxy) is 3. The lowest BCUT2D eigenvalue weighted by Crippen LogP contribution is -2.55. The summed E-state index contributed by atoms with van der Waals surface area (Å²) in [5.74, 6) is -1.65. The Balaban J connectivity index is 1.45. The number of carbonyl (C=O) groups is 3. The van der Waals surface area contributed by atoms with Gasteiger partial charge < -0.3 is 24.8 Å². The van der Waals surface area contributed by atoms with Gasteiger partial charge in [0.25, 0.3) is 5.91 Å². The van der Waals surface area contributed by atoms with Crippen LogP contribution in [0.15, 0.2) is 35.4 Å². The topological polar surface area (TPSA) is 119 Å². The van der Waals surface area contributed by atoms with Crippen molar-refractivity contribution in [2.75, 3.05) is 31.1 Å². The Morgan fingerprint density at radius 3 is 2.94 bits per heavy atom. The highest BCUT2D eigenvalue weighted by molar-refractivity contribution is 6.31. The van der Waals surface area contributed by atoms with Crippen LogP contribution in [0.25, 0.3) is 0 Å². The Hall–Kier alpha value is -3.70. The van der Waals surface area contributed by atoms with Crippen LogP contribution in [0.1, 0.15) is 11.1 Å². The average molecular weight is 475 g/mol. The molecule has 2 aromatic carbocycles. The van der Waals surface area contributed by atoms with Crippen molar-refractivity contribution in [2.24, 2.45) is 5.10 Å². The van der Waals surface area contributed by atoms with Gasteiger partial charge in [0.1, 0.15) is 24.0 Å². The molecule has 2 N–H and O–H groups in total. The fraction of sp³-hybridized carbons (Fsp3) is 0.238. The third kappa shape index (κ3) is 3.45. The summed E-state index contributed by atoms with van der Waals surface area (Å²) in [6.45, 7) is -0.607. The van der Waals surface area contributed by atoms with Gasteiger partial charge in [-0.15, -0.1) is 0 Å². The molecule has 33 heavy (non-hydrogen) atoms. The molecule has 3 amide bonds. The molecule has 3 aliphatic rings. The maximum atomic E-state index is 14.5. The monoisotopic (exact) mass is 474 g/mol. The van der Waals surface area contributed by atoms with Crippen molar-refractivity contribution in [2.45, 2.75) is 12.0 Å². The van der Waals surface area contributed by atoms with Gasteiger partial charge >= 0.3 is 12.0 Å². The normalized spacial score (nSPS) is 20.5. The van der Waals surface area contributed by atoms with Crippen molar-refractivity contribution in [3.8, 4) is 5.75 Å². The quantitative estimate of drug-likeness (QED) is 0.646. The minimum atomic E-state index is -1.51. The van der Waals surface area contributed by atoms with E-state index in [1.165, 1.54) is 13.2 Å². The van der Waals surface area contributed by atoms with E-state index in [-0.39, 0.29) is 42.6 Å². The van der Waals surface area contributed by atoms with Crippen molar-refractivity contribution >= 4 is 46.6 Å². The zero-order valence-electron chi connectivity index (χ0n) is 17.1. The first-order chi connectivity index (χ1) is 15.8. The van der Waals surface area contributed by atoms with Gasteiger partial charge in [-0.25, -0.2) is 14.0 Å². The number of fused-ring (bicyclic) bond motifs is 4. The molecular formula is C21H16ClFN4O6. The number of nitrogens with zero attached hydrogens (tertiary/aromatic N) is 2. The number of benzene rings is 2. The van der Waals surface area contributed by atoms with E-state index in [1.807, 2.05) is 0 Å². The molecule has 0 radical (unpaired) electrons. The highest BCUT2D eigenvalue weighted by Gasteiger charge is 2.55. The Morgan fingerprint density at radius 1 is 1.33 bits per heavy atom. The van der Waals surface area contributed by atoms with Crippen LogP contribution < -0.4 is 15.4 Å². The summed E-state index contributed by atoms with van der Waals surface area (Å²) in [7, 11) is 1.23.